The monoisotopic (exact) mass is 83.1 g/mol. The van der Waals surface area contributed by atoms with Gasteiger partial charge in [0.1, 0.15) is 0 Å². The molecule has 1 heteroatoms. The predicted octanol–water partition coefficient (Wildman–Crippen LogP) is 0.821. The minimum atomic E-state index is 0.816. The van der Waals surface area contributed by atoms with Crippen molar-refractivity contribution in [1.29, 1.82) is 0 Å². The molecule has 0 aromatic heterocycles. The van der Waals surface area contributed by atoms with Crippen LogP contribution in [0.5, 0.6) is 0 Å². The van der Waals surface area contributed by atoms with Crippen molar-refractivity contribution >= 4 is 0 Å². The van der Waals surface area contributed by atoms with Crippen molar-refractivity contribution in [2.45, 2.75) is 6.92 Å². The van der Waals surface area contributed by atoms with Crippen molar-refractivity contribution < 1.29 is 0 Å². The Labute approximate surface area is 39.1 Å². The topological polar surface area (TPSA) is 12.0 Å². The van der Waals surface area contributed by atoms with Gasteiger partial charge < -0.3 is 5.32 Å². The molecular formula is C5H9N. The Morgan fingerprint density at radius 2 is 2.67 bits per heavy atom. The molecule has 6 heavy (non-hydrogen) atoms. The van der Waals surface area contributed by atoms with Gasteiger partial charge in [-0.05, 0) is 6.92 Å². The van der Waals surface area contributed by atoms with Crippen LogP contribution in [-0.2, 0) is 0 Å². The lowest BCUT2D eigenvalue weighted by Crippen LogP contribution is -2.05. The second kappa shape index (κ2) is 4.70. The van der Waals surface area contributed by atoms with Crippen LogP contribution in [0.15, 0.2) is 12.7 Å². The van der Waals surface area contributed by atoms with Gasteiger partial charge in [-0.1, -0.05) is 6.08 Å². The zero-order valence-corrected chi connectivity index (χ0v) is 3.99. The van der Waals surface area contributed by atoms with Crippen LogP contribution >= 0.6 is 0 Å². The summed E-state index contributed by atoms with van der Waals surface area (Å²) in [6.45, 7) is 8.88. The molecule has 0 fully saturated rings. The summed E-state index contributed by atoms with van der Waals surface area (Å²) in [6, 6.07) is 0. The predicted molar refractivity (Wildman–Crippen MR) is 27.1 cm³/mol. The fraction of sp³-hybridized carbons (Fsp3) is 0.400. The summed E-state index contributed by atoms with van der Waals surface area (Å²) < 4.78 is 0. The number of nitrogens with one attached hydrogen (secondary N) is 1. The van der Waals surface area contributed by atoms with Crippen LogP contribution in [0.2, 0.25) is 0 Å². The molecule has 0 unspecified atom stereocenters. The van der Waals surface area contributed by atoms with Crippen LogP contribution in [0.1, 0.15) is 6.92 Å². The van der Waals surface area contributed by atoms with E-state index in [0.29, 0.717) is 0 Å². The van der Waals surface area contributed by atoms with Crippen LogP contribution in [0.25, 0.3) is 0 Å². The molecule has 0 aromatic rings. The largest absolute Gasteiger partial charge is 0.305 e. The second-order valence-corrected chi connectivity index (χ2v) is 0.920. The molecular weight excluding hydrogens is 74.1 g/mol. The van der Waals surface area contributed by atoms with Gasteiger partial charge in [-0.2, -0.15) is 0 Å². The highest BCUT2D eigenvalue weighted by Gasteiger charge is 1.68. The van der Waals surface area contributed by atoms with Gasteiger partial charge in [-0.3, -0.25) is 0 Å². The van der Waals surface area contributed by atoms with Crippen molar-refractivity contribution in [3.8, 4) is 0 Å². The lowest BCUT2D eigenvalue weighted by molar-refractivity contribution is 0.899. The molecule has 0 aliphatic rings. The van der Waals surface area contributed by atoms with Gasteiger partial charge in [0.25, 0.3) is 0 Å². The van der Waals surface area contributed by atoms with Crippen LogP contribution in [0.3, 0.4) is 0 Å². The lowest BCUT2D eigenvalue weighted by atomic mass is 10.6. The standard InChI is InChI=1S/C5H9N/c1-3-5-6-4-2/h3,6H,1,5H2,2H3. The normalized spacial score (nSPS) is 8.17. The van der Waals surface area contributed by atoms with E-state index in [4.69, 9.17) is 0 Å². The summed E-state index contributed by atoms with van der Waals surface area (Å²) in [5, 5.41) is 2.83. The molecule has 0 amide bonds. The third-order valence-corrected chi connectivity index (χ3v) is 0.423. The van der Waals surface area contributed by atoms with Crippen LogP contribution in [0.4, 0.5) is 0 Å². The van der Waals surface area contributed by atoms with Gasteiger partial charge in [0.05, 0.1) is 6.54 Å². The summed E-state index contributed by atoms with van der Waals surface area (Å²) in [5.41, 5.74) is 0. The highest BCUT2D eigenvalue weighted by atomic mass is 14.8. The van der Waals surface area contributed by atoms with E-state index in [1.54, 1.807) is 6.08 Å². The van der Waals surface area contributed by atoms with E-state index in [9.17, 15) is 0 Å². The van der Waals surface area contributed by atoms with Gasteiger partial charge in [-0.25, -0.2) is 0 Å². The molecule has 0 rings (SSSR count). The van der Waals surface area contributed by atoms with E-state index in [2.05, 4.69) is 18.4 Å². The summed E-state index contributed by atoms with van der Waals surface area (Å²) in [4.78, 5) is 0. The maximum Gasteiger partial charge on any atom is 0.0554 e. The zero-order valence-electron chi connectivity index (χ0n) is 3.99. The number of hydrogen-bond donors (Lipinski definition) is 1. The van der Waals surface area contributed by atoms with E-state index in [1.165, 1.54) is 0 Å². The van der Waals surface area contributed by atoms with Crippen molar-refractivity contribution in [2.24, 2.45) is 0 Å². The van der Waals surface area contributed by atoms with Gasteiger partial charge in [0, 0.05) is 6.54 Å². The molecule has 0 aliphatic heterocycles. The summed E-state index contributed by atoms with van der Waals surface area (Å²) in [5.74, 6) is 0. The van der Waals surface area contributed by atoms with Crippen molar-refractivity contribution in [2.75, 3.05) is 6.54 Å². The summed E-state index contributed by atoms with van der Waals surface area (Å²) in [6.07, 6.45) is 1.79. The Morgan fingerprint density at radius 1 is 2.00 bits per heavy atom. The Bertz CT molecular complexity index is 32.9. The highest BCUT2D eigenvalue weighted by molar-refractivity contribution is 4.71. The first-order valence-corrected chi connectivity index (χ1v) is 1.92. The maximum absolute atomic E-state index is 3.50. The first-order chi connectivity index (χ1) is 2.91. The van der Waals surface area contributed by atoms with Gasteiger partial charge in [-0.15, -0.1) is 6.58 Å². The molecule has 1 N–H and O–H groups in total. The quantitative estimate of drug-likeness (QED) is 0.302. The third-order valence-electron chi connectivity index (χ3n) is 0.423. The zero-order chi connectivity index (χ0) is 4.83. The Kier molecular flexibility index (Phi) is 4.46. The van der Waals surface area contributed by atoms with Crippen LogP contribution in [-0.4, -0.2) is 6.54 Å². The van der Waals surface area contributed by atoms with E-state index in [1.807, 2.05) is 6.92 Å². The van der Waals surface area contributed by atoms with Gasteiger partial charge >= 0.3 is 0 Å². The molecule has 1 nitrogen and oxygen atoms in total. The molecule has 0 bridgehead atoms. The summed E-state index contributed by atoms with van der Waals surface area (Å²) in [7, 11) is 0. The van der Waals surface area contributed by atoms with E-state index in [0.717, 1.165) is 6.54 Å². The molecule has 0 atom stereocenters. The molecule has 0 spiro atoms. The third kappa shape index (κ3) is 3.70. The first-order valence-electron chi connectivity index (χ1n) is 1.92. The molecule has 0 heterocycles. The van der Waals surface area contributed by atoms with Crippen molar-refractivity contribution in [3.05, 3.63) is 19.2 Å². The lowest BCUT2D eigenvalue weighted by Gasteiger charge is -1.86. The van der Waals surface area contributed by atoms with Crippen molar-refractivity contribution in [3.63, 3.8) is 0 Å². The first kappa shape index (κ1) is 5.70. The van der Waals surface area contributed by atoms with Crippen LogP contribution < -0.4 is 5.32 Å². The van der Waals surface area contributed by atoms with E-state index in [-0.39, 0.29) is 0 Å². The minimum Gasteiger partial charge on any atom is -0.305 e. The molecule has 0 aromatic carbocycles. The van der Waals surface area contributed by atoms with Crippen LogP contribution in [0, 0.1) is 6.54 Å². The Morgan fingerprint density at radius 3 is 2.83 bits per heavy atom. The van der Waals surface area contributed by atoms with Gasteiger partial charge in [0.15, 0.2) is 0 Å². The minimum absolute atomic E-state index is 0.816. The highest BCUT2D eigenvalue weighted by Crippen LogP contribution is 1.60. The molecule has 0 saturated heterocycles. The van der Waals surface area contributed by atoms with Crippen molar-refractivity contribution in [1.82, 2.24) is 5.32 Å². The van der Waals surface area contributed by atoms with E-state index < -0.39 is 0 Å². The molecule has 0 aliphatic carbocycles. The maximum atomic E-state index is 3.50. The molecule has 2 radical (unpaired) electrons. The number of rotatable bonds is 3. The average molecular weight is 83.1 g/mol. The van der Waals surface area contributed by atoms with Gasteiger partial charge in [0.2, 0.25) is 0 Å². The Hall–Kier alpha value is -0.300. The smallest absolute Gasteiger partial charge is 0.0554 e. The second-order valence-electron chi connectivity index (χ2n) is 0.920. The Balaban J connectivity index is 2.49. The SMILES string of the molecule is C=CCN[C]C. The van der Waals surface area contributed by atoms with E-state index >= 15 is 0 Å². The molecule has 0 saturated carbocycles. The summed E-state index contributed by atoms with van der Waals surface area (Å²) >= 11 is 0. The average Bonchev–Trinajstić information content (AvgIpc) is 1.61. The molecule has 34 valence electrons. The number of hydrogen-bond acceptors (Lipinski definition) is 1. The fourth-order valence-corrected chi connectivity index (χ4v) is 0.174. The fourth-order valence-electron chi connectivity index (χ4n) is 0.174.